The highest BCUT2D eigenvalue weighted by Gasteiger charge is 2.37. The summed E-state index contributed by atoms with van der Waals surface area (Å²) in [6.45, 7) is 7.32. The van der Waals surface area contributed by atoms with E-state index in [-0.39, 0.29) is 0 Å². The fourth-order valence-electron chi connectivity index (χ4n) is 2.83. The maximum atomic E-state index is 5.94. The van der Waals surface area contributed by atoms with Gasteiger partial charge in [0.05, 0.1) is 0 Å². The van der Waals surface area contributed by atoms with E-state index in [0.29, 0.717) is 5.41 Å². The molecule has 2 N–H and O–H groups in total. The zero-order valence-corrected chi connectivity index (χ0v) is 11.1. The first-order chi connectivity index (χ1) is 8.25. The maximum Gasteiger partial charge on any atom is 0.0366 e. The Morgan fingerprint density at radius 1 is 1.12 bits per heavy atom. The van der Waals surface area contributed by atoms with Gasteiger partial charge in [-0.05, 0) is 44.4 Å². The first-order valence-corrected chi connectivity index (χ1v) is 6.81. The highest BCUT2D eigenvalue weighted by atomic mass is 15.1. The molecule has 94 valence electrons. The van der Waals surface area contributed by atoms with E-state index in [9.17, 15) is 0 Å². The van der Waals surface area contributed by atoms with Crippen LogP contribution in [0, 0.1) is 0 Å². The Bertz CT molecular complexity index is 342. The Morgan fingerprint density at radius 3 is 2.06 bits per heavy atom. The van der Waals surface area contributed by atoms with E-state index in [1.165, 1.54) is 30.5 Å². The van der Waals surface area contributed by atoms with Crippen LogP contribution in [0.25, 0.3) is 0 Å². The summed E-state index contributed by atoms with van der Waals surface area (Å²) >= 11 is 0. The third kappa shape index (κ3) is 2.19. The van der Waals surface area contributed by atoms with E-state index in [4.69, 9.17) is 5.73 Å². The Hall–Kier alpha value is -1.02. The molecule has 0 heterocycles. The van der Waals surface area contributed by atoms with E-state index >= 15 is 0 Å². The van der Waals surface area contributed by atoms with E-state index < -0.39 is 0 Å². The number of benzene rings is 1. The Balaban J connectivity index is 2.17. The van der Waals surface area contributed by atoms with Crippen molar-refractivity contribution in [1.82, 2.24) is 0 Å². The van der Waals surface area contributed by atoms with Gasteiger partial charge in [0.2, 0.25) is 0 Å². The van der Waals surface area contributed by atoms with Crippen LogP contribution in [0.5, 0.6) is 0 Å². The Labute approximate surface area is 105 Å². The summed E-state index contributed by atoms with van der Waals surface area (Å²) in [7, 11) is 0. The second kappa shape index (κ2) is 5.09. The summed E-state index contributed by atoms with van der Waals surface area (Å²) in [5.74, 6) is 0. The molecule has 0 spiro atoms. The normalized spacial score (nSPS) is 17.6. The molecule has 0 radical (unpaired) electrons. The lowest BCUT2D eigenvalue weighted by atomic mass is 9.64. The first-order valence-electron chi connectivity index (χ1n) is 6.81. The Kier molecular flexibility index (Phi) is 3.72. The number of nitrogens with zero attached hydrogens (tertiary/aromatic N) is 1. The molecular weight excluding hydrogens is 208 g/mol. The van der Waals surface area contributed by atoms with Gasteiger partial charge in [-0.3, -0.25) is 0 Å². The van der Waals surface area contributed by atoms with Gasteiger partial charge in [0, 0.05) is 30.7 Å². The molecule has 1 aliphatic carbocycles. The van der Waals surface area contributed by atoms with Gasteiger partial charge in [-0.1, -0.05) is 18.6 Å². The SMILES string of the molecule is CCN(CC)c1ccc(C2(CN)CCC2)cc1. The quantitative estimate of drug-likeness (QED) is 0.845. The van der Waals surface area contributed by atoms with Crippen LogP contribution in [0.1, 0.15) is 38.7 Å². The second-order valence-corrected chi connectivity index (χ2v) is 5.06. The summed E-state index contributed by atoms with van der Waals surface area (Å²) in [5, 5.41) is 0. The van der Waals surface area contributed by atoms with Crippen LogP contribution in [0.4, 0.5) is 5.69 Å². The van der Waals surface area contributed by atoms with Crippen LogP contribution in [-0.2, 0) is 5.41 Å². The van der Waals surface area contributed by atoms with Crippen molar-refractivity contribution in [2.75, 3.05) is 24.5 Å². The average molecular weight is 232 g/mol. The number of hydrogen-bond donors (Lipinski definition) is 1. The molecule has 17 heavy (non-hydrogen) atoms. The maximum absolute atomic E-state index is 5.94. The molecule has 2 heteroatoms. The molecule has 0 atom stereocenters. The minimum Gasteiger partial charge on any atom is -0.372 e. The third-order valence-corrected chi connectivity index (χ3v) is 4.31. The van der Waals surface area contributed by atoms with Gasteiger partial charge in [0.15, 0.2) is 0 Å². The van der Waals surface area contributed by atoms with Gasteiger partial charge in [-0.15, -0.1) is 0 Å². The van der Waals surface area contributed by atoms with Crippen molar-refractivity contribution in [2.24, 2.45) is 5.73 Å². The predicted octanol–water partition coefficient (Wildman–Crippen LogP) is 2.91. The van der Waals surface area contributed by atoms with Gasteiger partial charge in [0.1, 0.15) is 0 Å². The molecule has 2 nitrogen and oxygen atoms in total. The lowest BCUT2D eigenvalue weighted by Gasteiger charge is -2.41. The molecule has 1 aromatic carbocycles. The van der Waals surface area contributed by atoms with Crippen LogP contribution in [0.15, 0.2) is 24.3 Å². The van der Waals surface area contributed by atoms with Crippen molar-refractivity contribution < 1.29 is 0 Å². The highest BCUT2D eigenvalue weighted by Crippen LogP contribution is 2.43. The van der Waals surface area contributed by atoms with Crippen LogP contribution >= 0.6 is 0 Å². The lowest BCUT2D eigenvalue weighted by Crippen LogP contribution is -2.41. The lowest BCUT2D eigenvalue weighted by molar-refractivity contribution is 0.253. The molecule has 0 saturated heterocycles. The monoisotopic (exact) mass is 232 g/mol. The Morgan fingerprint density at radius 2 is 1.71 bits per heavy atom. The summed E-state index contributed by atoms with van der Waals surface area (Å²) in [6.07, 6.45) is 3.84. The largest absolute Gasteiger partial charge is 0.372 e. The van der Waals surface area contributed by atoms with Crippen molar-refractivity contribution in [3.8, 4) is 0 Å². The molecule has 0 bridgehead atoms. The van der Waals surface area contributed by atoms with Gasteiger partial charge in [0.25, 0.3) is 0 Å². The van der Waals surface area contributed by atoms with Gasteiger partial charge in [-0.25, -0.2) is 0 Å². The average Bonchev–Trinajstić information content (AvgIpc) is 2.32. The van der Waals surface area contributed by atoms with E-state index in [1.54, 1.807) is 0 Å². The molecule has 1 saturated carbocycles. The molecule has 1 aromatic rings. The minimum atomic E-state index is 0.293. The summed E-state index contributed by atoms with van der Waals surface area (Å²) in [6, 6.07) is 9.05. The molecule has 0 unspecified atom stereocenters. The van der Waals surface area contributed by atoms with Crippen molar-refractivity contribution in [3.05, 3.63) is 29.8 Å². The summed E-state index contributed by atoms with van der Waals surface area (Å²) < 4.78 is 0. The zero-order valence-electron chi connectivity index (χ0n) is 11.1. The molecule has 1 fully saturated rings. The van der Waals surface area contributed by atoms with E-state index in [1.807, 2.05) is 0 Å². The smallest absolute Gasteiger partial charge is 0.0366 e. The highest BCUT2D eigenvalue weighted by molar-refractivity contribution is 5.49. The van der Waals surface area contributed by atoms with Crippen molar-refractivity contribution >= 4 is 5.69 Å². The number of rotatable bonds is 5. The van der Waals surface area contributed by atoms with Crippen LogP contribution in [-0.4, -0.2) is 19.6 Å². The standard InChI is InChI=1S/C15H24N2/c1-3-17(4-2)14-8-6-13(7-9-14)15(12-16)10-5-11-15/h6-9H,3-5,10-12,16H2,1-2H3. The number of anilines is 1. The fourth-order valence-corrected chi connectivity index (χ4v) is 2.83. The molecule has 2 rings (SSSR count). The molecule has 0 aromatic heterocycles. The van der Waals surface area contributed by atoms with Crippen molar-refractivity contribution in [2.45, 2.75) is 38.5 Å². The van der Waals surface area contributed by atoms with E-state index in [0.717, 1.165) is 19.6 Å². The van der Waals surface area contributed by atoms with Crippen LogP contribution in [0.3, 0.4) is 0 Å². The number of hydrogen-bond acceptors (Lipinski definition) is 2. The first kappa shape index (κ1) is 12.4. The zero-order chi connectivity index (χ0) is 12.3. The van der Waals surface area contributed by atoms with Crippen molar-refractivity contribution in [1.29, 1.82) is 0 Å². The molecule has 1 aliphatic rings. The predicted molar refractivity (Wildman–Crippen MR) is 74.6 cm³/mol. The minimum absolute atomic E-state index is 0.293. The summed E-state index contributed by atoms with van der Waals surface area (Å²) in [4.78, 5) is 2.37. The van der Waals surface area contributed by atoms with Gasteiger partial charge >= 0.3 is 0 Å². The molecule has 0 amide bonds. The topological polar surface area (TPSA) is 29.3 Å². The van der Waals surface area contributed by atoms with Crippen LogP contribution in [0.2, 0.25) is 0 Å². The van der Waals surface area contributed by atoms with Gasteiger partial charge < -0.3 is 10.6 Å². The van der Waals surface area contributed by atoms with Crippen LogP contribution < -0.4 is 10.6 Å². The second-order valence-electron chi connectivity index (χ2n) is 5.06. The molecular formula is C15H24N2. The van der Waals surface area contributed by atoms with Gasteiger partial charge in [-0.2, -0.15) is 0 Å². The fraction of sp³-hybridized carbons (Fsp3) is 0.600. The van der Waals surface area contributed by atoms with E-state index in [2.05, 4.69) is 43.0 Å². The van der Waals surface area contributed by atoms with Crippen molar-refractivity contribution in [3.63, 3.8) is 0 Å². The number of nitrogens with two attached hydrogens (primary N) is 1. The third-order valence-electron chi connectivity index (χ3n) is 4.31. The molecule has 0 aliphatic heterocycles. The summed E-state index contributed by atoms with van der Waals surface area (Å²) in [5.41, 5.74) is 8.99.